The molecule has 0 spiro atoms. The van der Waals surface area contributed by atoms with Crippen LogP contribution in [0.4, 0.5) is 4.79 Å². The van der Waals surface area contributed by atoms with Crippen molar-refractivity contribution in [3.05, 3.63) is 48.0 Å². The molecule has 3 rings (SSSR count). The van der Waals surface area contributed by atoms with Crippen molar-refractivity contribution < 1.29 is 19.4 Å². The van der Waals surface area contributed by atoms with Crippen LogP contribution in [-0.2, 0) is 16.0 Å². The maximum atomic E-state index is 12.3. The Morgan fingerprint density at radius 1 is 1.17 bits per heavy atom. The number of hydrogen-bond acceptors (Lipinski definition) is 3. The summed E-state index contributed by atoms with van der Waals surface area (Å²) >= 11 is 0. The molecule has 2 N–H and O–H groups in total. The van der Waals surface area contributed by atoms with Gasteiger partial charge in [0.1, 0.15) is 5.72 Å². The van der Waals surface area contributed by atoms with E-state index < -0.39 is 11.8 Å². The SMILES string of the molecule is CC(C)[C@@H](CC=CC(=O)NCCc1ccccc1)C[C@@H]1OC(C)(C)N(C(=O)O)[C@H]1CC1CCCCC1. The summed E-state index contributed by atoms with van der Waals surface area (Å²) in [5.74, 6) is 1.21. The quantitative estimate of drug-likeness (QED) is 0.346. The van der Waals surface area contributed by atoms with Gasteiger partial charge >= 0.3 is 6.09 Å². The predicted molar refractivity (Wildman–Crippen MR) is 144 cm³/mol. The van der Waals surface area contributed by atoms with Crippen LogP contribution in [-0.4, -0.2) is 46.4 Å². The van der Waals surface area contributed by atoms with Crippen molar-refractivity contribution in [2.45, 2.75) is 103 Å². The number of carboxylic acid groups (broad SMARTS) is 1. The van der Waals surface area contributed by atoms with Crippen molar-refractivity contribution in [3.8, 4) is 0 Å². The van der Waals surface area contributed by atoms with Gasteiger partial charge in [0.15, 0.2) is 0 Å². The number of ether oxygens (including phenoxy) is 1. The third-order valence-electron chi connectivity index (χ3n) is 8.03. The van der Waals surface area contributed by atoms with E-state index in [4.69, 9.17) is 4.74 Å². The molecule has 2 fully saturated rings. The highest BCUT2D eigenvalue weighted by Crippen LogP contribution is 2.41. The van der Waals surface area contributed by atoms with Gasteiger partial charge in [0, 0.05) is 6.54 Å². The second-order valence-corrected chi connectivity index (χ2v) is 11.5. The van der Waals surface area contributed by atoms with Crippen LogP contribution in [0, 0.1) is 17.8 Å². The average molecular weight is 499 g/mol. The Morgan fingerprint density at radius 3 is 2.50 bits per heavy atom. The maximum Gasteiger partial charge on any atom is 0.409 e. The van der Waals surface area contributed by atoms with Crippen LogP contribution in [0.2, 0.25) is 0 Å². The lowest BCUT2D eigenvalue weighted by Gasteiger charge is -2.34. The summed E-state index contributed by atoms with van der Waals surface area (Å²) in [7, 11) is 0. The zero-order chi connectivity index (χ0) is 26.1. The normalized spacial score (nSPS) is 23.3. The van der Waals surface area contributed by atoms with E-state index in [1.165, 1.54) is 37.7 Å². The summed E-state index contributed by atoms with van der Waals surface area (Å²) in [6, 6.07) is 10.0. The molecule has 6 nitrogen and oxygen atoms in total. The molecule has 0 radical (unpaired) electrons. The minimum absolute atomic E-state index is 0.0704. The van der Waals surface area contributed by atoms with Crippen molar-refractivity contribution in [2.75, 3.05) is 6.54 Å². The number of hydrogen-bond donors (Lipinski definition) is 2. The molecule has 1 saturated heterocycles. The van der Waals surface area contributed by atoms with Crippen molar-refractivity contribution in [3.63, 3.8) is 0 Å². The molecular formula is C30H46N2O4. The first-order chi connectivity index (χ1) is 17.2. The van der Waals surface area contributed by atoms with E-state index >= 15 is 0 Å². The molecule has 1 aliphatic heterocycles. The topological polar surface area (TPSA) is 78.9 Å². The third-order valence-corrected chi connectivity index (χ3v) is 8.03. The van der Waals surface area contributed by atoms with E-state index in [0.717, 1.165) is 25.7 Å². The van der Waals surface area contributed by atoms with Crippen LogP contribution in [0.5, 0.6) is 0 Å². The summed E-state index contributed by atoms with van der Waals surface area (Å²) in [6.07, 6.45) is 12.0. The fourth-order valence-corrected chi connectivity index (χ4v) is 5.99. The Hall–Kier alpha value is -2.34. The fourth-order valence-electron chi connectivity index (χ4n) is 5.99. The van der Waals surface area contributed by atoms with E-state index in [9.17, 15) is 14.7 Å². The van der Waals surface area contributed by atoms with Crippen LogP contribution in [0.15, 0.2) is 42.5 Å². The van der Waals surface area contributed by atoms with Crippen LogP contribution in [0.1, 0.15) is 84.6 Å². The molecular weight excluding hydrogens is 452 g/mol. The Kier molecular flexibility index (Phi) is 10.4. The average Bonchev–Trinajstić information content (AvgIpc) is 3.08. The number of carbonyl (C=O) groups is 2. The van der Waals surface area contributed by atoms with Crippen LogP contribution < -0.4 is 5.32 Å². The molecule has 0 bridgehead atoms. The molecule has 1 saturated carbocycles. The lowest BCUT2D eigenvalue weighted by atomic mass is 9.80. The van der Waals surface area contributed by atoms with E-state index in [1.807, 2.05) is 38.1 Å². The minimum Gasteiger partial charge on any atom is -0.465 e. The second-order valence-electron chi connectivity index (χ2n) is 11.5. The number of carbonyl (C=O) groups excluding carboxylic acids is 1. The number of nitrogens with one attached hydrogen (secondary N) is 1. The third kappa shape index (κ3) is 8.09. The predicted octanol–water partition coefficient (Wildman–Crippen LogP) is 6.41. The van der Waals surface area contributed by atoms with Gasteiger partial charge in [-0.3, -0.25) is 9.69 Å². The molecule has 6 heteroatoms. The number of rotatable bonds is 11. The molecule has 2 aliphatic rings. The zero-order valence-corrected chi connectivity index (χ0v) is 22.6. The number of nitrogens with zero attached hydrogens (tertiary/aromatic N) is 1. The highest BCUT2D eigenvalue weighted by Gasteiger charge is 2.50. The molecule has 1 heterocycles. The fraction of sp³-hybridized carbons (Fsp3) is 0.667. The van der Waals surface area contributed by atoms with Gasteiger partial charge in [0.25, 0.3) is 0 Å². The smallest absolute Gasteiger partial charge is 0.409 e. The van der Waals surface area contributed by atoms with Gasteiger partial charge in [0.05, 0.1) is 12.1 Å². The monoisotopic (exact) mass is 498 g/mol. The number of benzene rings is 1. The molecule has 200 valence electrons. The second kappa shape index (κ2) is 13.3. The minimum atomic E-state index is -0.892. The summed E-state index contributed by atoms with van der Waals surface area (Å²) in [4.78, 5) is 26.1. The van der Waals surface area contributed by atoms with Crippen molar-refractivity contribution in [2.24, 2.45) is 17.8 Å². The summed E-state index contributed by atoms with van der Waals surface area (Å²) < 4.78 is 6.42. The van der Waals surface area contributed by atoms with Crippen molar-refractivity contribution in [1.29, 1.82) is 0 Å². The first kappa shape index (κ1) is 28.2. The van der Waals surface area contributed by atoms with E-state index in [2.05, 4.69) is 31.3 Å². The van der Waals surface area contributed by atoms with Gasteiger partial charge in [-0.15, -0.1) is 0 Å². The highest BCUT2D eigenvalue weighted by atomic mass is 16.6. The van der Waals surface area contributed by atoms with E-state index in [1.54, 1.807) is 11.0 Å². The van der Waals surface area contributed by atoms with Gasteiger partial charge in [-0.1, -0.05) is 82.4 Å². The Labute approximate surface area is 217 Å². The Morgan fingerprint density at radius 2 is 1.86 bits per heavy atom. The lowest BCUT2D eigenvalue weighted by molar-refractivity contribution is -0.116. The summed E-state index contributed by atoms with van der Waals surface area (Å²) in [6.45, 7) is 8.76. The maximum absolute atomic E-state index is 12.3. The molecule has 0 unspecified atom stereocenters. The summed E-state index contributed by atoms with van der Waals surface area (Å²) in [5.41, 5.74) is 0.380. The standard InChI is InChI=1S/C30H46N2O4/c1-22(2)25(16-11-17-28(33)31-19-18-23-12-7-5-8-13-23)21-27-26(20-24-14-9-6-10-15-24)32(29(34)35)30(3,4)36-27/h5,7-8,11-13,17,22,24-27H,6,9-10,14-16,18-21H2,1-4H3,(H,31,33)(H,34,35)/t25-,26-,27-/m0/s1. The highest BCUT2D eigenvalue weighted by molar-refractivity contribution is 5.87. The van der Waals surface area contributed by atoms with Crippen LogP contribution in [0.25, 0.3) is 0 Å². The van der Waals surface area contributed by atoms with E-state index in [-0.39, 0.29) is 18.1 Å². The van der Waals surface area contributed by atoms with Crippen LogP contribution >= 0.6 is 0 Å². The van der Waals surface area contributed by atoms with Crippen molar-refractivity contribution >= 4 is 12.0 Å². The van der Waals surface area contributed by atoms with Gasteiger partial charge in [-0.25, -0.2) is 4.79 Å². The van der Waals surface area contributed by atoms with E-state index in [0.29, 0.717) is 24.3 Å². The first-order valence-corrected chi connectivity index (χ1v) is 13.9. The molecule has 1 aromatic carbocycles. The first-order valence-electron chi connectivity index (χ1n) is 13.9. The summed E-state index contributed by atoms with van der Waals surface area (Å²) in [5, 5.41) is 13.0. The zero-order valence-electron chi connectivity index (χ0n) is 22.6. The van der Waals surface area contributed by atoms with Crippen LogP contribution in [0.3, 0.4) is 0 Å². The molecule has 2 amide bonds. The van der Waals surface area contributed by atoms with Gasteiger partial charge in [0.2, 0.25) is 5.91 Å². The molecule has 1 aliphatic carbocycles. The lowest BCUT2D eigenvalue weighted by Crippen LogP contribution is -2.48. The van der Waals surface area contributed by atoms with Crippen molar-refractivity contribution in [1.82, 2.24) is 10.2 Å². The molecule has 0 aromatic heterocycles. The van der Waals surface area contributed by atoms with Gasteiger partial charge in [-0.2, -0.15) is 0 Å². The number of amides is 2. The molecule has 1 aromatic rings. The molecule has 3 atom stereocenters. The van der Waals surface area contributed by atoms with Gasteiger partial charge < -0.3 is 15.2 Å². The Bertz CT molecular complexity index is 861. The molecule has 36 heavy (non-hydrogen) atoms. The Balaban J connectivity index is 1.58. The number of allylic oxidation sites excluding steroid dienone is 1. The van der Waals surface area contributed by atoms with Gasteiger partial charge in [-0.05, 0) is 68.9 Å². The largest absolute Gasteiger partial charge is 0.465 e.